The van der Waals surface area contributed by atoms with Gasteiger partial charge in [0.2, 0.25) is 11.9 Å². The summed E-state index contributed by atoms with van der Waals surface area (Å²) in [5.41, 5.74) is -1.31. The van der Waals surface area contributed by atoms with Crippen molar-refractivity contribution < 1.29 is 18.0 Å². The van der Waals surface area contributed by atoms with Crippen LogP contribution in [-0.2, 0) is 11.0 Å². The molecule has 0 unspecified atom stereocenters. The third-order valence-corrected chi connectivity index (χ3v) is 3.93. The predicted octanol–water partition coefficient (Wildman–Crippen LogP) is 2.39. The van der Waals surface area contributed by atoms with Crippen LogP contribution in [0.3, 0.4) is 0 Å². The molecule has 0 aliphatic heterocycles. The van der Waals surface area contributed by atoms with Crippen molar-refractivity contribution in [1.29, 1.82) is 0 Å². The number of alkyl halides is 3. The van der Waals surface area contributed by atoms with Crippen LogP contribution < -0.4 is 15.8 Å². The molecule has 27 heavy (non-hydrogen) atoms. The van der Waals surface area contributed by atoms with Crippen LogP contribution in [0.2, 0.25) is 5.02 Å². The Morgan fingerprint density at radius 3 is 2.81 bits per heavy atom. The molecule has 1 amide bonds. The van der Waals surface area contributed by atoms with Crippen molar-refractivity contribution in [1.82, 2.24) is 20.2 Å². The van der Waals surface area contributed by atoms with E-state index in [1.165, 1.54) is 24.2 Å². The molecule has 3 rings (SSSR count). The molecule has 0 saturated carbocycles. The molecule has 1 aromatic carbocycles. The van der Waals surface area contributed by atoms with Gasteiger partial charge in [-0.2, -0.15) is 23.3 Å². The second-order valence-electron chi connectivity index (χ2n) is 5.62. The smallest absolute Gasteiger partial charge is 0.336 e. The number of rotatable bonds is 4. The zero-order chi connectivity index (χ0) is 19.8. The SMILES string of the molecule is CN(CC(=O)Nc1ccc(Cl)c(C(F)(F)F)c1)c1nc2[nH]ncc2c(=O)[nH]1. The van der Waals surface area contributed by atoms with Crippen molar-refractivity contribution in [2.45, 2.75) is 6.18 Å². The molecule has 142 valence electrons. The number of fused-ring (bicyclic) bond motifs is 1. The maximum atomic E-state index is 12.9. The fourth-order valence-electron chi connectivity index (χ4n) is 2.33. The third-order valence-electron chi connectivity index (χ3n) is 3.60. The van der Waals surface area contributed by atoms with E-state index in [0.717, 1.165) is 12.1 Å². The number of anilines is 2. The molecule has 3 N–H and O–H groups in total. The molecule has 0 fully saturated rings. The van der Waals surface area contributed by atoms with E-state index in [2.05, 4.69) is 25.5 Å². The highest BCUT2D eigenvalue weighted by Crippen LogP contribution is 2.36. The number of nitrogens with one attached hydrogen (secondary N) is 3. The number of nitrogens with zero attached hydrogens (tertiary/aromatic N) is 3. The van der Waals surface area contributed by atoms with Gasteiger partial charge in [-0.15, -0.1) is 0 Å². The van der Waals surface area contributed by atoms with E-state index < -0.39 is 28.2 Å². The van der Waals surface area contributed by atoms with Gasteiger partial charge in [-0.3, -0.25) is 19.7 Å². The van der Waals surface area contributed by atoms with Gasteiger partial charge in [0.15, 0.2) is 5.65 Å². The minimum atomic E-state index is -4.64. The zero-order valence-electron chi connectivity index (χ0n) is 13.7. The number of carbonyl (C=O) groups is 1. The molecule has 0 aliphatic rings. The standard InChI is InChI=1S/C15H12ClF3N6O2/c1-25(14-22-12-8(5-20-24-12)13(27)23-14)6-11(26)21-7-2-3-10(16)9(4-7)15(17,18)19/h2-5H,6H2,1H3,(H,21,26)(H2,20,22,23,24,27). The first-order valence-corrected chi connectivity index (χ1v) is 7.84. The lowest BCUT2D eigenvalue weighted by Crippen LogP contribution is -2.32. The Morgan fingerprint density at radius 1 is 1.37 bits per heavy atom. The van der Waals surface area contributed by atoms with E-state index in [4.69, 9.17) is 11.6 Å². The van der Waals surface area contributed by atoms with E-state index in [-0.39, 0.29) is 29.2 Å². The average molecular weight is 401 g/mol. The molecule has 3 aromatic rings. The molecule has 0 atom stereocenters. The van der Waals surface area contributed by atoms with Crippen LogP contribution in [0.1, 0.15) is 5.56 Å². The highest BCUT2D eigenvalue weighted by molar-refractivity contribution is 6.31. The Morgan fingerprint density at radius 2 is 2.11 bits per heavy atom. The molecule has 2 aromatic heterocycles. The number of benzene rings is 1. The molecule has 8 nitrogen and oxygen atoms in total. The number of halogens is 4. The predicted molar refractivity (Wildman–Crippen MR) is 92.9 cm³/mol. The largest absolute Gasteiger partial charge is 0.417 e. The average Bonchev–Trinajstić information content (AvgIpc) is 3.04. The van der Waals surface area contributed by atoms with Gasteiger partial charge in [-0.25, -0.2) is 0 Å². The van der Waals surface area contributed by atoms with Gasteiger partial charge in [-0.05, 0) is 18.2 Å². The van der Waals surface area contributed by atoms with Gasteiger partial charge in [0.1, 0.15) is 5.39 Å². The molecule has 0 spiro atoms. The Balaban J connectivity index is 1.74. The Bertz CT molecular complexity index is 1060. The fraction of sp³-hybridized carbons (Fsp3) is 0.200. The summed E-state index contributed by atoms with van der Waals surface area (Å²) in [4.78, 5) is 32.0. The first-order valence-electron chi connectivity index (χ1n) is 7.46. The minimum Gasteiger partial charge on any atom is -0.336 e. The van der Waals surface area contributed by atoms with Crippen molar-refractivity contribution in [3.05, 3.63) is 45.3 Å². The van der Waals surface area contributed by atoms with Crippen LogP contribution in [-0.4, -0.2) is 39.7 Å². The molecule has 0 saturated heterocycles. The highest BCUT2D eigenvalue weighted by Gasteiger charge is 2.33. The van der Waals surface area contributed by atoms with Crippen LogP contribution in [0, 0.1) is 0 Å². The lowest BCUT2D eigenvalue weighted by Gasteiger charge is -2.17. The van der Waals surface area contributed by atoms with Gasteiger partial charge < -0.3 is 10.2 Å². The van der Waals surface area contributed by atoms with E-state index in [1.807, 2.05) is 0 Å². The summed E-state index contributed by atoms with van der Waals surface area (Å²) in [5, 5.41) is 8.40. The third kappa shape index (κ3) is 4.03. The summed E-state index contributed by atoms with van der Waals surface area (Å²) >= 11 is 5.54. The summed E-state index contributed by atoms with van der Waals surface area (Å²) in [7, 11) is 1.49. The molecule has 0 aliphatic carbocycles. The summed E-state index contributed by atoms with van der Waals surface area (Å²) in [6.45, 7) is -0.271. The van der Waals surface area contributed by atoms with Gasteiger partial charge in [-0.1, -0.05) is 11.6 Å². The van der Waals surface area contributed by atoms with Crippen LogP contribution in [0.4, 0.5) is 24.8 Å². The van der Waals surface area contributed by atoms with Crippen molar-refractivity contribution in [2.75, 3.05) is 23.8 Å². The molecular weight excluding hydrogens is 389 g/mol. The summed E-state index contributed by atoms with van der Waals surface area (Å²) in [5.74, 6) is -0.515. The molecular formula is C15H12ClF3N6O2. The van der Waals surface area contributed by atoms with Crippen molar-refractivity contribution in [3.63, 3.8) is 0 Å². The van der Waals surface area contributed by atoms with Crippen molar-refractivity contribution in [3.8, 4) is 0 Å². The maximum Gasteiger partial charge on any atom is 0.417 e. The van der Waals surface area contributed by atoms with E-state index in [1.54, 1.807) is 0 Å². The topological polar surface area (TPSA) is 107 Å². The van der Waals surface area contributed by atoms with E-state index in [0.29, 0.717) is 0 Å². The number of amides is 1. The molecule has 12 heteroatoms. The number of hydrogen-bond acceptors (Lipinski definition) is 5. The Hall–Kier alpha value is -3.08. The number of likely N-dealkylation sites (N-methyl/N-ethyl adjacent to an activating group) is 1. The lowest BCUT2D eigenvalue weighted by molar-refractivity contribution is -0.137. The first-order chi connectivity index (χ1) is 12.6. The van der Waals surface area contributed by atoms with Gasteiger partial charge in [0, 0.05) is 12.7 Å². The Kier molecular flexibility index (Phi) is 4.79. The van der Waals surface area contributed by atoms with E-state index in [9.17, 15) is 22.8 Å². The van der Waals surface area contributed by atoms with Crippen molar-refractivity contribution >= 4 is 40.2 Å². The van der Waals surface area contributed by atoms with E-state index >= 15 is 0 Å². The van der Waals surface area contributed by atoms with Crippen LogP contribution in [0.5, 0.6) is 0 Å². The number of carbonyl (C=O) groups excluding carboxylic acids is 1. The summed E-state index contributed by atoms with van der Waals surface area (Å²) in [6, 6.07) is 3.05. The normalized spacial score (nSPS) is 11.6. The minimum absolute atomic E-state index is 0.0596. The van der Waals surface area contributed by atoms with Crippen LogP contribution in [0.15, 0.2) is 29.2 Å². The second kappa shape index (κ2) is 6.91. The second-order valence-corrected chi connectivity index (χ2v) is 6.03. The first kappa shape index (κ1) is 18.7. The van der Waals surface area contributed by atoms with Gasteiger partial charge in [0.05, 0.1) is 23.3 Å². The van der Waals surface area contributed by atoms with Gasteiger partial charge in [0.25, 0.3) is 5.56 Å². The molecule has 0 radical (unpaired) electrons. The zero-order valence-corrected chi connectivity index (χ0v) is 14.4. The summed E-state index contributed by atoms with van der Waals surface area (Å²) in [6.07, 6.45) is -3.33. The van der Waals surface area contributed by atoms with Crippen molar-refractivity contribution in [2.24, 2.45) is 0 Å². The number of aromatic nitrogens is 4. The van der Waals surface area contributed by atoms with Crippen LogP contribution >= 0.6 is 11.6 Å². The monoisotopic (exact) mass is 400 g/mol. The molecule has 0 bridgehead atoms. The highest BCUT2D eigenvalue weighted by atomic mass is 35.5. The van der Waals surface area contributed by atoms with Crippen LogP contribution in [0.25, 0.3) is 11.0 Å². The number of hydrogen-bond donors (Lipinski definition) is 3. The maximum absolute atomic E-state index is 12.9. The van der Waals surface area contributed by atoms with Gasteiger partial charge >= 0.3 is 6.18 Å². The fourth-order valence-corrected chi connectivity index (χ4v) is 2.55. The quantitative estimate of drug-likeness (QED) is 0.623. The Labute approximate surface area is 154 Å². The lowest BCUT2D eigenvalue weighted by atomic mass is 10.2. The summed E-state index contributed by atoms with van der Waals surface area (Å²) < 4.78 is 38.6. The number of aromatic amines is 2. The molecule has 2 heterocycles. The number of H-pyrrole nitrogens is 2.